The van der Waals surface area contributed by atoms with E-state index in [0.29, 0.717) is 0 Å². The van der Waals surface area contributed by atoms with E-state index in [0.717, 1.165) is 16.4 Å². The Kier molecular flexibility index (Phi) is 4.37. The van der Waals surface area contributed by atoms with Gasteiger partial charge in [0.15, 0.2) is 0 Å². The van der Waals surface area contributed by atoms with Crippen molar-refractivity contribution < 1.29 is 0 Å². The first kappa shape index (κ1) is 11.8. The second kappa shape index (κ2) is 5.56. The Labute approximate surface area is 94.3 Å². The summed E-state index contributed by atoms with van der Waals surface area (Å²) in [5, 5.41) is 0.947. The summed E-state index contributed by atoms with van der Waals surface area (Å²) in [5.74, 6) is 0. The van der Waals surface area contributed by atoms with E-state index in [1.807, 2.05) is 20.8 Å². The second-order valence-electron chi connectivity index (χ2n) is 2.75. The molecule has 0 aromatic carbocycles. The molecule has 0 aliphatic carbocycles. The second-order valence-corrected chi connectivity index (χ2v) is 3.95. The minimum Gasteiger partial charge on any atom is -0.261 e. The van der Waals surface area contributed by atoms with Gasteiger partial charge in [-0.05, 0) is 13.8 Å². The van der Waals surface area contributed by atoms with Crippen molar-refractivity contribution in [3.63, 3.8) is 0 Å². The highest BCUT2D eigenvalue weighted by molar-refractivity contribution is 7.15. The summed E-state index contributed by atoms with van der Waals surface area (Å²) in [7, 11) is 0. The molecule has 0 spiro atoms. The zero-order valence-corrected chi connectivity index (χ0v) is 10.3. The van der Waals surface area contributed by atoms with Gasteiger partial charge in [0.1, 0.15) is 10.7 Å². The number of hydrogen-bond acceptors (Lipinski definition) is 4. The van der Waals surface area contributed by atoms with Crippen molar-refractivity contribution in [1.82, 2.24) is 15.0 Å². The Morgan fingerprint density at radius 1 is 1.13 bits per heavy atom. The molecule has 0 aliphatic heterocycles. The van der Waals surface area contributed by atoms with E-state index in [1.165, 1.54) is 4.88 Å². The van der Waals surface area contributed by atoms with Crippen molar-refractivity contribution in [2.24, 2.45) is 0 Å². The molecule has 2 rings (SSSR count). The molecule has 2 aromatic rings. The minimum absolute atomic E-state index is 0.851. The predicted molar refractivity (Wildman–Crippen MR) is 64.0 cm³/mol. The molecule has 2 heterocycles. The summed E-state index contributed by atoms with van der Waals surface area (Å²) in [4.78, 5) is 13.8. The lowest BCUT2D eigenvalue weighted by Gasteiger charge is -1.90. The monoisotopic (exact) mass is 221 g/mol. The number of rotatable bonds is 1. The lowest BCUT2D eigenvalue weighted by molar-refractivity contribution is 1.17. The summed E-state index contributed by atoms with van der Waals surface area (Å²) in [6.45, 7) is 8.07. The van der Waals surface area contributed by atoms with Crippen molar-refractivity contribution in [2.75, 3.05) is 0 Å². The standard InChI is InChI=1S/C9H9N3S.C2H6/c1-6-7(2)13-9(12-6)8-5-10-3-4-11-8;1-2/h3-5H,1-2H3;1-2H3. The Hall–Kier alpha value is -1.29. The maximum absolute atomic E-state index is 4.40. The van der Waals surface area contributed by atoms with Gasteiger partial charge in [0.05, 0.1) is 11.9 Å². The van der Waals surface area contributed by atoms with Crippen LogP contribution >= 0.6 is 11.3 Å². The first-order chi connectivity index (χ1) is 7.27. The van der Waals surface area contributed by atoms with Crippen LogP contribution in [0.25, 0.3) is 10.7 Å². The minimum atomic E-state index is 0.851. The lowest BCUT2D eigenvalue weighted by atomic mass is 10.4. The molecule has 0 amide bonds. The van der Waals surface area contributed by atoms with Crippen LogP contribution in [-0.2, 0) is 0 Å². The third-order valence-corrected chi connectivity index (χ3v) is 2.91. The summed E-state index contributed by atoms with van der Waals surface area (Å²) in [6, 6.07) is 0. The van der Waals surface area contributed by atoms with Crippen molar-refractivity contribution in [3.05, 3.63) is 29.2 Å². The lowest BCUT2D eigenvalue weighted by Crippen LogP contribution is -1.82. The van der Waals surface area contributed by atoms with Crippen LogP contribution in [0, 0.1) is 13.8 Å². The maximum atomic E-state index is 4.40. The predicted octanol–water partition coefficient (Wildman–Crippen LogP) is 3.24. The third kappa shape index (κ3) is 2.83. The third-order valence-electron chi connectivity index (χ3n) is 1.81. The molecule has 0 saturated heterocycles. The molecule has 0 N–H and O–H groups in total. The van der Waals surface area contributed by atoms with Crippen LogP contribution in [0.3, 0.4) is 0 Å². The molecular formula is C11H15N3S. The van der Waals surface area contributed by atoms with Gasteiger partial charge in [-0.15, -0.1) is 11.3 Å². The van der Waals surface area contributed by atoms with E-state index in [9.17, 15) is 0 Å². The maximum Gasteiger partial charge on any atom is 0.143 e. The molecule has 4 heteroatoms. The van der Waals surface area contributed by atoms with Gasteiger partial charge in [-0.1, -0.05) is 13.8 Å². The first-order valence-corrected chi connectivity index (χ1v) is 5.79. The summed E-state index contributed by atoms with van der Waals surface area (Å²) in [6.07, 6.45) is 5.08. The average Bonchev–Trinajstić information content (AvgIpc) is 2.63. The van der Waals surface area contributed by atoms with Gasteiger partial charge in [-0.3, -0.25) is 9.97 Å². The number of aromatic nitrogens is 3. The van der Waals surface area contributed by atoms with Crippen molar-refractivity contribution in [1.29, 1.82) is 0 Å². The van der Waals surface area contributed by atoms with E-state index < -0.39 is 0 Å². The van der Waals surface area contributed by atoms with Crippen LogP contribution in [0.5, 0.6) is 0 Å². The van der Waals surface area contributed by atoms with Crippen LogP contribution in [0.1, 0.15) is 24.4 Å². The molecule has 3 nitrogen and oxygen atoms in total. The fourth-order valence-electron chi connectivity index (χ4n) is 0.992. The Bertz CT molecular complexity index is 390. The molecule has 0 unspecified atom stereocenters. The van der Waals surface area contributed by atoms with E-state index in [4.69, 9.17) is 0 Å². The molecule has 80 valence electrons. The fourth-order valence-corrected chi connectivity index (χ4v) is 1.87. The molecule has 0 aliphatic rings. The van der Waals surface area contributed by atoms with Crippen molar-refractivity contribution >= 4 is 11.3 Å². The fraction of sp³-hybridized carbons (Fsp3) is 0.364. The van der Waals surface area contributed by atoms with Crippen LogP contribution in [0.2, 0.25) is 0 Å². The van der Waals surface area contributed by atoms with Gasteiger partial charge in [-0.2, -0.15) is 0 Å². The summed E-state index contributed by atoms with van der Waals surface area (Å²) < 4.78 is 0. The van der Waals surface area contributed by atoms with Gasteiger partial charge < -0.3 is 0 Å². The zero-order valence-electron chi connectivity index (χ0n) is 9.48. The van der Waals surface area contributed by atoms with Gasteiger partial charge in [0.25, 0.3) is 0 Å². The Balaban J connectivity index is 0.000000531. The highest BCUT2D eigenvalue weighted by Gasteiger charge is 2.06. The molecule has 0 atom stereocenters. The molecule has 15 heavy (non-hydrogen) atoms. The molecule has 0 saturated carbocycles. The zero-order chi connectivity index (χ0) is 11.3. The van der Waals surface area contributed by atoms with Gasteiger partial charge >= 0.3 is 0 Å². The first-order valence-electron chi connectivity index (χ1n) is 4.98. The topological polar surface area (TPSA) is 38.7 Å². The number of nitrogens with zero attached hydrogens (tertiary/aromatic N) is 3. The molecule has 0 radical (unpaired) electrons. The van der Waals surface area contributed by atoms with Gasteiger partial charge in [0.2, 0.25) is 0 Å². The normalized spacial score (nSPS) is 9.33. The number of hydrogen-bond donors (Lipinski definition) is 0. The number of thiazole rings is 1. The van der Waals surface area contributed by atoms with Crippen LogP contribution in [0.4, 0.5) is 0 Å². The van der Waals surface area contributed by atoms with Crippen LogP contribution in [-0.4, -0.2) is 15.0 Å². The molecular weight excluding hydrogens is 206 g/mol. The molecule has 0 fully saturated rings. The van der Waals surface area contributed by atoms with Crippen LogP contribution in [0.15, 0.2) is 18.6 Å². The summed E-state index contributed by atoms with van der Waals surface area (Å²) >= 11 is 1.65. The van der Waals surface area contributed by atoms with E-state index in [1.54, 1.807) is 29.9 Å². The Morgan fingerprint density at radius 3 is 2.33 bits per heavy atom. The van der Waals surface area contributed by atoms with Crippen molar-refractivity contribution in [3.8, 4) is 10.7 Å². The van der Waals surface area contributed by atoms with E-state index >= 15 is 0 Å². The summed E-state index contributed by atoms with van der Waals surface area (Å²) in [5.41, 5.74) is 1.93. The largest absolute Gasteiger partial charge is 0.261 e. The highest BCUT2D eigenvalue weighted by Crippen LogP contribution is 2.24. The van der Waals surface area contributed by atoms with Crippen molar-refractivity contribution in [2.45, 2.75) is 27.7 Å². The quantitative estimate of drug-likeness (QED) is 0.742. The van der Waals surface area contributed by atoms with E-state index in [-0.39, 0.29) is 0 Å². The Morgan fingerprint density at radius 2 is 1.87 bits per heavy atom. The molecule has 2 aromatic heterocycles. The highest BCUT2D eigenvalue weighted by atomic mass is 32.1. The smallest absolute Gasteiger partial charge is 0.143 e. The van der Waals surface area contributed by atoms with Gasteiger partial charge in [0, 0.05) is 17.3 Å². The van der Waals surface area contributed by atoms with E-state index in [2.05, 4.69) is 21.9 Å². The average molecular weight is 221 g/mol. The SMILES string of the molecule is CC.Cc1nc(-c2cnccn2)sc1C. The molecule has 0 bridgehead atoms. The van der Waals surface area contributed by atoms with Crippen LogP contribution < -0.4 is 0 Å². The van der Waals surface area contributed by atoms with Gasteiger partial charge in [-0.25, -0.2) is 4.98 Å². The number of aryl methyl sites for hydroxylation is 2.